The standard InChI is InChI=1S/C18H27NO/c1-12(9-14-4-7-17(20)8-5-14)19-13(2)18-11-15-3-6-16(18)10-15/h4-5,7-8,12-13,15-16,18-20H,3,6,9-11H2,1-2H3. The molecule has 0 aromatic heterocycles. The average Bonchev–Trinajstić information content (AvgIpc) is 3.03. The zero-order chi connectivity index (χ0) is 14.1. The van der Waals surface area contributed by atoms with Crippen molar-refractivity contribution in [1.29, 1.82) is 0 Å². The van der Waals surface area contributed by atoms with Crippen LogP contribution in [0, 0.1) is 17.8 Å². The van der Waals surface area contributed by atoms with Gasteiger partial charge in [-0.1, -0.05) is 18.6 Å². The summed E-state index contributed by atoms with van der Waals surface area (Å²) in [6.07, 6.45) is 6.92. The van der Waals surface area contributed by atoms with E-state index in [4.69, 9.17) is 0 Å². The Morgan fingerprint density at radius 2 is 1.90 bits per heavy atom. The molecule has 0 amide bonds. The molecule has 2 aliphatic carbocycles. The third-order valence-corrected chi connectivity index (χ3v) is 5.46. The Balaban J connectivity index is 1.51. The van der Waals surface area contributed by atoms with Gasteiger partial charge in [-0.3, -0.25) is 0 Å². The van der Waals surface area contributed by atoms with Crippen molar-refractivity contribution < 1.29 is 5.11 Å². The van der Waals surface area contributed by atoms with Gasteiger partial charge < -0.3 is 10.4 Å². The number of nitrogens with one attached hydrogen (secondary N) is 1. The first-order valence-electron chi connectivity index (χ1n) is 8.15. The highest BCUT2D eigenvalue weighted by molar-refractivity contribution is 5.26. The van der Waals surface area contributed by atoms with E-state index in [1.54, 1.807) is 12.1 Å². The largest absolute Gasteiger partial charge is 0.508 e. The number of phenols is 1. The lowest BCUT2D eigenvalue weighted by atomic mass is 9.83. The van der Waals surface area contributed by atoms with Gasteiger partial charge in [0.05, 0.1) is 0 Å². The van der Waals surface area contributed by atoms with Crippen molar-refractivity contribution in [1.82, 2.24) is 5.32 Å². The summed E-state index contributed by atoms with van der Waals surface area (Å²) in [4.78, 5) is 0. The fraction of sp³-hybridized carbons (Fsp3) is 0.667. The highest BCUT2D eigenvalue weighted by Gasteiger charge is 2.41. The lowest BCUT2D eigenvalue weighted by Gasteiger charge is -2.31. The normalized spacial score (nSPS) is 31.4. The SMILES string of the molecule is CC(Cc1ccc(O)cc1)NC(C)C1CC2CCC1C2. The van der Waals surface area contributed by atoms with Gasteiger partial charge in [-0.2, -0.15) is 0 Å². The van der Waals surface area contributed by atoms with Gasteiger partial charge in [-0.15, -0.1) is 0 Å². The van der Waals surface area contributed by atoms with Crippen molar-refractivity contribution in [2.75, 3.05) is 0 Å². The molecule has 3 rings (SSSR count). The summed E-state index contributed by atoms with van der Waals surface area (Å²) in [5.74, 6) is 3.27. The van der Waals surface area contributed by atoms with Crippen LogP contribution < -0.4 is 5.32 Å². The summed E-state index contributed by atoms with van der Waals surface area (Å²) in [5.41, 5.74) is 1.29. The number of hydrogen-bond acceptors (Lipinski definition) is 2. The summed E-state index contributed by atoms with van der Waals surface area (Å²) < 4.78 is 0. The van der Waals surface area contributed by atoms with Crippen molar-refractivity contribution in [3.05, 3.63) is 29.8 Å². The first-order chi connectivity index (χ1) is 9.61. The number of phenolic OH excluding ortho intramolecular Hbond substituents is 1. The van der Waals surface area contributed by atoms with Crippen molar-refractivity contribution >= 4 is 0 Å². The molecule has 5 unspecified atom stereocenters. The van der Waals surface area contributed by atoms with E-state index in [9.17, 15) is 5.11 Å². The molecular weight excluding hydrogens is 246 g/mol. The number of aromatic hydroxyl groups is 1. The Morgan fingerprint density at radius 1 is 1.15 bits per heavy atom. The zero-order valence-corrected chi connectivity index (χ0v) is 12.7. The molecule has 2 saturated carbocycles. The molecule has 20 heavy (non-hydrogen) atoms. The van der Waals surface area contributed by atoms with Crippen molar-refractivity contribution in [2.24, 2.45) is 17.8 Å². The number of rotatable bonds is 5. The second-order valence-electron chi connectivity index (χ2n) is 7.07. The molecule has 110 valence electrons. The average molecular weight is 273 g/mol. The van der Waals surface area contributed by atoms with E-state index in [0.717, 1.165) is 24.2 Å². The van der Waals surface area contributed by atoms with Gasteiger partial charge in [-0.05, 0) is 75.0 Å². The first-order valence-corrected chi connectivity index (χ1v) is 8.15. The minimum atomic E-state index is 0.352. The van der Waals surface area contributed by atoms with Gasteiger partial charge in [0.2, 0.25) is 0 Å². The fourth-order valence-corrected chi connectivity index (χ4v) is 4.52. The van der Waals surface area contributed by atoms with E-state index in [2.05, 4.69) is 19.2 Å². The van der Waals surface area contributed by atoms with Crippen LogP contribution in [0.4, 0.5) is 0 Å². The summed E-state index contributed by atoms with van der Waals surface area (Å²) in [6, 6.07) is 8.74. The van der Waals surface area contributed by atoms with Gasteiger partial charge >= 0.3 is 0 Å². The van der Waals surface area contributed by atoms with Crippen LogP contribution in [-0.2, 0) is 6.42 Å². The molecule has 0 aliphatic heterocycles. The predicted octanol–water partition coefficient (Wildman–Crippen LogP) is 3.74. The fourth-order valence-electron chi connectivity index (χ4n) is 4.52. The maximum atomic E-state index is 9.32. The highest BCUT2D eigenvalue weighted by Crippen LogP contribution is 2.49. The van der Waals surface area contributed by atoms with E-state index in [0.29, 0.717) is 17.8 Å². The predicted molar refractivity (Wildman–Crippen MR) is 82.8 cm³/mol. The van der Waals surface area contributed by atoms with Crippen LogP contribution in [0.5, 0.6) is 5.75 Å². The van der Waals surface area contributed by atoms with Crippen molar-refractivity contribution in [2.45, 2.75) is 58.0 Å². The molecular formula is C18H27NO. The van der Waals surface area contributed by atoms with E-state index in [1.165, 1.54) is 31.2 Å². The van der Waals surface area contributed by atoms with Crippen molar-refractivity contribution in [3.8, 4) is 5.75 Å². The summed E-state index contributed by atoms with van der Waals surface area (Å²) >= 11 is 0. The summed E-state index contributed by atoms with van der Waals surface area (Å²) in [7, 11) is 0. The molecule has 5 atom stereocenters. The summed E-state index contributed by atoms with van der Waals surface area (Å²) in [6.45, 7) is 4.65. The molecule has 1 aromatic rings. The molecule has 2 aliphatic rings. The molecule has 0 heterocycles. The minimum Gasteiger partial charge on any atom is -0.508 e. The lowest BCUT2D eigenvalue weighted by Crippen LogP contribution is -2.42. The Kier molecular flexibility index (Phi) is 4.02. The Morgan fingerprint density at radius 3 is 2.50 bits per heavy atom. The zero-order valence-electron chi connectivity index (χ0n) is 12.7. The van der Waals surface area contributed by atoms with Crippen LogP contribution in [0.25, 0.3) is 0 Å². The van der Waals surface area contributed by atoms with E-state index < -0.39 is 0 Å². The molecule has 2 N–H and O–H groups in total. The quantitative estimate of drug-likeness (QED) is 0.856. The van der Waals surface area contributed by atoms with Crippen LogP contribution >= 0.6 is 0 Å². The second-order valence-corrected chi connectivity index (χ2v) is 7.07. The smallest absolute Gasteiger partial charge is 0.115 e. The van der Waals surface area contributed by atoms with Crippen LogP contribution in [0.15, 0.2) is 24.3 Å². The molecule has 2 heteroatoms. The maximum absolute atomic E-state index is 9.32. The molecule has 0 saturated heterocycles. The van der Waals surface area contributed by atoms with Crippen LogP contribution in [0.2, 0.25) is 0 Å². The van der Waals surface area contributed by atoms with Gasteiger partial charge in [0.25, 0.3) is 0 Å². The van der Waals surface area contributed by atoms with Crippen LogP contribution in [-0.4, -0.2) is 17.2 Å². The second kappa shape index (κ2) is 5.77. The van der Waals surface area contributed by atoms with Crippen LogP contribution in [0.1, 0.15) is 45.1 Å². The van der Waals surface area contributed by atoms with Gasteiger partial charge in [0, 0.05) is 12.1 Å². The van der Waals surface area contributed by atoms with Gasteiger partial charge in [-0.25, -0.2) is 0 Å². The summed E-state index contributed by atoms with van der Waals surface area (Å²) in [5, 5.41) is 13.1. The lowest BCUT2D eigenvalue weighted by molar-refractivity contribution is 0.247. The third-order valence-electron chi connectivity index (χ3n) is 5.46. The van der Waals surface area contributed by atoms with E-state index >= 15 is 0 Å². The van der Waals surface area contributed by atoms with Gasteiger partial charge in [0.15, 0.2) is 0 Å². The Bertz CT molecular complexity index is 441. The van der Waals surface area contributed by atoms with Gasteiger partial charge in [0.1, 0.15) is 5.75 Å². The highest BCUT2D eigenvalue weighted by atomic mass is 16.3. The number of benzene rings is 1. The Labute approximate surface area is 122 Å². The molecule has 2 bridgehead atoms. The third kappa shape index (κ3) is 3.01. The molecule has 0 radical (unpaired) electrons. The monoisotopic (exact) mass is 273 g/mol. The first kappa shape index (κ1) is 13.9. The molecule has 2 nitrogen and oxygen atoms in total. The van der Waals surface area contributed by atoms with Crippen molar-refractivity contribution in [3.63, 3.8) is 0 Å². The maximum Gasteiger partial charge on any atom is 0.115 e. The van der Waals surface area contributed by atoms with E-state index in [-0.39, 0.29) is 0 Å². The molecule has 1 aromatic carbocycles. The molecule has 0 spiro atoms. The topological polar surface area (TPSA) is 32.3 Å². The molecule has 2 fully saturated rings. The van der Waals surface area contributed by atoms with Crippen LogP contribution in [0.3, 0.4) is 0 Å². The minimum absolute atomic E-state index is 0.352. The Hall–Kier alpha value is -1.02. The van der Waals surface area contributed by atoms with E-state index in [1.807, 2.05) is 12.1 Å². The number of fused-ring (bicyclic) bond motifs is 2. The number of hydrogen-bond donors (Lipinski definition) is 2.